The highest BCUT2D eigenvalue weighted by Crippen LogP contribution is 2.19. The lowest BCUT2D eigenvalue weighted by molar-refractivity contribution is -0.115. The summed E-state index contributed by atoms with van der Waals surface area (Å²) in [5.41, 5.74) is 4.25. The van der Waals surface area contributed by atoms with Crippen LogP contribution in [0.25, 0.3) is 0 Å². The van der Waals surface area contributed by atoms with Crippen LogP contribution in [0.3, 0.4) is 0 Å². The van der Waals surface area contributed by atoms with E-state index in [1.165, 1.54) is 0 Å². The van der Waals surface area contributed by atoms with Crippen LogP contribution in [0.1, 0.15) is 21.5 Å². The van der Waals surface area contributed by atoms with Gasteiger partial charge in [0.25, 0.3) is 5.91 Å². The number of aryl methyl sites for hydroxylation is 2. The summed E-state index contributed by atoms with van der Waals surface area (Å²) in [7, 11) is 3.82. The molecule has 0 bridgehead atoms. The number of amides is 2. The molecule has 24 heavy (non-hydrogen) atoms. The van der Waals surface area contributed by atoms with Crippen molar-refractivity contribution in [3.8, 4) is 0 Å². The maximum atomic E-state index is 12.2. The molecule has 0 unspecified atom stereocenters. The lowest BCUT2D eigenvalue weighted by Gasteiger charge is -2.14. The molecule has 2 aromatic rings. The molecule has 0 fully saturated rings. The van der Waals surface area contributed by atoms with Crippen LogP contribution in [-0.4, -0.2) is 32.5 Å². The Balaban J connectivity index is 1.96. The van der Waals surface area contributed by atoms with Crippen LogP contribution in [-0.2, 0) is 4.79 Å². The van der Waals surface area contributed by atoms with Crippen LogP contribution in [0.4, 0.5) is 11.4 Å². The zero-order valence-corrected chi connectivity index (χ0v) is 14.5. The van der Waals surface area contributed by atoms with Crippen LogP contribution < -0.4 is 15.5 Å². The van der Waals surface area contributed by atoms with Crippen molar-refractivity contribution < 1.29 is 9.59 Å². The van der Waals surface area contributed by atoms with Gasteiger partial charge in [0.2, 0.25) is 5.91 Å². The number of hydrogen-bond donors (Lipinski definition) is 2. The van der Waals surface area contributed by atoms with Crippen molar-refractivity contribution in [1.82, 2.24) is 5.32 Å². The molecule has 0 radical (unpaired) electrons. The number of nitrogens with zero attached hydrogens (tertiary/aromatic N) is 1. The van der Waals surface area contributed by atoms with Gasteiger partial charge in [-0.15, -0.1) is 0 Å². The second kappa shape index (κ2) is 7.64. The van der Waals surface area contributed by atoms with E-state index in [-0.39, 0.29) is 18.4 Å². The Hall–Kier alpha value is -2.82. The van der Waals surface area contributed by atoms with E-state index in [0.29, 0.717) is 5.56 Å². The maximum Gasteiger partial charge on any atom is 0.251 e. The van der Waals surface area contributed by atoms with Gasteiger partial charge in [-0.1, -0.05) is 24.3 Å². The minimum atomic E-state index is -0.268. The predicted octanol–water partition coefficient (Wildman–Crippen LogP) is 2.74. The van der Waals surface area contributed by atoms with Crippen molar-refractivity contribution in [3.05, 3.63) is 59.2 Å². The van der Waals surface area contributed by atoms with Crippen LogP contribution in [0.15, 0.2) is 42.5 Å². The molecule has 2 N–H and O–H groups in total. The van der Waals surface area contributed by atoms with E-state index in [9.17, 15) is 9.59 Å². The Morgan fingerprint density at radius 1 is 1.00 bits per heavy atom. The summed E-state index contributed by atoms with van der Waals surface area (Å²) in [6.07, 6.45) is 0. The Labute approximate surface area is 142 Å². The standard InChI is InChI=1S/C19H23N3O2/c1-13-7-5-8-14(2)18(13)21-17(23)12-20-19(24)15-9-6-10-16(11-15)22(3)4/h5-11H,12H2,1-4H3,(H,20,24)(H,21,23). The van der Waals surface area contributed by atoms with Crippen LogP contribution in [0.2, 0.25) is 0 Å². The molecule has 0 saturated carbocycles. The van der Waals surface area contributed by atoms with Gasteiger partial charge in [0, 0.05) is 31.0 Å². The number of benzene rings is 2. The van der Waals surface area contributed by atoms with Crippen molar-refractivity contribution >= 4 is 23.2 Å². The van der Waals surface area contributed by atoms with Crippen LogP contribution in [0, 0.1) is 13.8 Å². The molecule has 2 aromatic carbocycles. The third kappa shape index (κ3) is 4.35. The van der Waals surface area contributed by atoms with Crippen molar-refractivity contribution in [2.24, 2.45) is 0 Å². The fourth-order valence-corrected chi connectivity index (χ4v) is 2.38. The third-order valence-electron chi connectivity index (χ3n) is 3.78. The van der Waals surface area contributed by atoms with E-state index >= 15 is 0 Å². The zero-order chi connectivity index (χ0) is 17.7. The molecule has 2 amide bonds. The highest BCUT2D eigenvalue weighted by Gasteiger charge is 2.11. The fraction of sp³-hybridized carbons (Fsp3) is 0.263. The highest BCUT2D eigenvalue weighted by molar-refractivity contribution is 6.00. The number of para-hydroxylation sites is 1. The van der Waals surface area contributed by atoms with Gasteiger partial charge >= 0.3 is 0 Å². The first-order chi connectivity index (χ1) is 11.4. The summed E-state index contributed by atoms with van der Waals surface area (Å²) in [5.74, 6) is -0.514. The molecule has 0 saturated heterocycles. The Morgan fingerprint density at radius 2 is 1.62 bits per heavy atom. The molecule has 0 spiro atoms. The SMILES string of the molecule is Cc1cccc(C)c1NC(=O)CNC(=O)c1cccc(N(C)C)c1. The van der Waals surface area contributed by atoms with Gasteiger partial charge < -0.3 is 15.5 Å². The molecule has 0 atom stereocenters. The lowest BCUT2D eigenvalue weighted by Crippen LogP contribution is -2.33. The smallest absolute Gasteiger partial charge is 0.251 e. The number of anilines is 2. The van der Waals surface area contributed by atoms with E-state index in [1.54, 1.807) is 12.1 Å². The molecular weight excluding hydrogens is 302 g/mol. The first-order valence-corrected chi connectivity index (χ1v) is 7.80. The molecule has 0 aliphatic carbocycles. The topological polar surface area (TPSA) is 61.4 Å². The van der Waals surface area contributed by atoms with Crippen molar-refractivity contribution in [3.63, 3.8) is 0 Å². The summed E-state index contributed by atoms with van der Waals surface area (Å²) < 4.78 is 0. The zero-order valence-electron chi connectivity index (χ0n) is 14.5. The molecule has 2 rings (SSSR count). The van der Waals surface area contributed by atoms with Crippen LogP contribution >= 0.6 is 0 Å². The van der Waals surface area contributed by atoms with Crippen molar-refractivity contribution in [1.29, 1.82) is 0 Å². The van der Waals surface area contributed by atoms with E-state index in [4.69, 9.17) is 0 Å². The molecular formula is C19H23N3O2. The summed E-state index contributed by atoms with van der Waals surface area (Å²) in [4.78, 5) is 26.2. The maximum absolute atomic E-state index is 12.2. The molecule has 126 valence electrons. The monoisotopic (exact) mass is 325 g/mol. The number of carbonyl (C=O) groups is 2. The third-order valence-corrected chi connectivity index (χ3v) is 3.78. The van der Waals surface area contributed by atoms with E-state index in [1.807, 2.05) is 63.2 Å². The predicted molar refractivity (Wildman–Crippen MR) is 97.6 cm³/mol. The molecule has 0 aliphatic rings. The first-order valence-electron chi connectivity index (χ1n) is 7.80. The van der Waals surface area contributed by atoms with Gasteiger partial charge in [-0.3, -0.25) is 9.59 Å². The first kappa shape index (κ1) is 17.5. The van der Waals surface area contributed by atoms with E-state index in [2.05, 4.69) is 10.6 Å². The molecule has 0 aliphatic heterocycles. The van der Waals surface area contributed by atoms with Gasteiger partial charge in [0.05, 0.1) is 6.54 Å². The minimum absolute atomic E-state index is 0.0706. The van der Waals surface area contributed by atoms with Crippen LogP contribution in [0.5, 0.6) is 0 Å². The Kier molecular flexibility index (Phi) is 5.58. The van der Waals surface area contributed by atoms with Gasteiger partial charge in [-0.05, 0) is 43.2 Å². The van der Waals surface area contributed by atoms with E-state index < -0.39 is 0 Å². The number of nitrogens with one attached hydrogen (secondary N) is 2. The quantitative estimate of drug-likeness (QED) is 0.888. The second-order valence-electron chi connectivity index (χ2n) is 5.94. The normalized spacial score (nSPS) is 10.2. The van der Waals surface area contributed by atoms with Crippen molar-refractivity contribution in [2.75, 3.05) is 30.9 Å². The molecule has 0 heterocycles. The second-order valence-corrected chi connectivity index (χ2v) is 5.94. The lowest BCUT2D eigenvalue weighted by atomic mass is 10.1. The van der Waals surface area contributed by atoms with Crippen molar-refractivity contribution in [2.45, 2.75) is 13.8 Å². The molecule has 5 nitrogen and oxygen atoms in total. The van der Waals surface area contributed by atoms with Gasteiger partial charge in [0.1, 0.15) is 0 Å². The highest BCUT2D eigenvalue weighted by atomic mass is 16.2. The Bertz CT molecular complexity index is 734. The molecule has 5 heteroatoms. The van der Waals surface area contributed by atoms with E-state index in [0.717, 1.165) is 22.5 Å². The molecule has 0 aromatic heterocycles. The average molecular weight is 325 g/mol. The largest absolute Gasteiger partial charge is 0.378 e. The van der Waals surface area contributed by atoms with Gasteiger partial charge in [-0.2, -0.15) is 0 Å². The fourth-order valence-electron chi connectivity index (χ4n) is 2.38. The van der Waals surface area contributed by atoms with Gasteiger partial charge in [0.15, 0.2) is 0 Å². The summed E-state index contributed by atoms with van der Waals surface area (Å²) in [6.45, 7) is 3.81. The Morgan fingerprint density at radius 3 is 2.25 bits per heavy atom. The average Bonchev–Trinajstić information content (AvgIpc) is 2.56. The summed E-state index contributed by atoms with van der Waals surface area (Å²) >= 11 is 0. The summed E-state index contributed by atoms with van der Waals surface area (Å²) in [6, 6.07) is 13.1. The van der Waals surface area contributed by atoms with Gasteiger partial charge in [-0.25, -0.2) is 0 Å². The summed E-state index contributed by atoms with van der Waals surface area (Å²) in [5, 5.41) is 5.51. The minimum Gasteiger partial charge on any atom is -0.378 e. The number of carbonyl (C=O) groups excluding carboxylic acids is 2. The number of hydrogen-bond acceptors (Lipinski definition) is 3. The number of rotatable bonds is 5.